The summed E-state index contributed by atoms with van der Waals surface area (Å²) in [6, 6.07) is 5.08. The molecule has 0 amide bonds. The van der Waals surface area contributed by atoms with Crippen LogP contribution in [-0.4, -0.2) is 57.7 Å². The molecule has 0 aromatic heterocycles. The lowest BCUT2D eigenvalue weighted by atomic mass is 10.00. The zero-order valence-corrected chi connectivity index (χ0v) is 22.8. The van der Waals surface area contributed by atoms with E-state index in [1.807, 2.05) is 0 Å². The van der Waals surface area contributed by atoms with Crippen LogP contribution in [0.2, 0.25) is 0 Å². The first kappa shape index (κ1) is 32.4. The lowest BCUT2D eigenvalue weighted by molar-refractivity contribution is -0.143. The summed E-state index contributed by atoms with van der Waals surface area (Å²) in [5.41, 5.74) is -4.87. The molecule has 1 heterocycles. The van der Waals surface area contributed by atoms with Gasteiger partial charge in [0.1, 0.15) is 18.2 Å². The summed E-state index contributed by atoms with van der Waals surface area (Å²) in [6.07, 6.45) is -6.67. The third-order valence-corrected chi connectivity index (χ3v) is 8.59. The second kappa shape index (κ2) is 12.4. The number of carboxylic acids is 1. The molecule has 15 heteroatoms. The molecular weight excluding hydrogens is 585 g/mol. The van der Waals surface area contributed by atoms with E-state index in [1.165, 1.54) is 7.05 Å². The Morgan fingerprint density at radius 2 is 1.80 bits per heavy atom. The SMILES string of the molecule is CNCC[C@@H](COc1cc2c(cc1C(F)(F)F)N(c1ccc(F)cc1)C[C@@H](CCC(C)(F)F)[C@@H](F)S2(=O)=O)C(=O)O. The van der Waals surface area contributed by atoms with Crippen LogP contribution in [0.3, 0.4) is 0 Å². The number of nitrogens with zero attached hydrogens (tertiary/aromatic N) is 1. The average Bonchev–Trinajstić information content (AvgIpc) is 2.94. The highest BCUT2D eigenvalue weighted by molar-refractivity contribution is 7.92. The van der Waals surface area contributed by atoms with Gasteiger partial charge in [0.15, 0.2) is 0 Å². The number of hydrogen-bond donors (Lipinski definition) is 2. The number of halogens is 7. The van der Waals surface area contributed by atoms with E-state index in [2.05, 4.69) is 5.32 Å². The second-order valence-electron chi connectivity index (χ2n) is 9.90. The molecule has 1 aliphatic rings. The van der Waals surface area contributed by atoms with E-state index in [-0.39, 0.29) is 18.7 Å². The number of ether oxygens (including phenoxy) is 1. The van der Waals surface area contributed by atoms with E-state index in [0.29, 0.717) is 19.1 Å². The highest BCUT2D eigenvalue weighted by Gasteiger charge is 2.45. The highest BCUT2D eigenvalue weighted by Crippen LogP contribution is 2.47. The van der Waals surface area contributed by atoms with Crippen LogP contribution >= 0.6 is 0 Å². The normalized spacial score (nSPS) is 19.8. The van der Waals surface area contributed by atoms with Crippen molar-refractivity contribution in [1.82, 2.24) is 5.32 Å². The molecule has 0 saturated heterocycles. The van der Waals surface area contributed by atoms with Gasteiger partial charge < -0.3 is 20.1 Å². The molecule has 2 aromatic carbocycles. The van der Waals surface area contributed by atoms with Crippen LogP contribution in [0, 0.1) is 17.7 Å². The zero-order valence-electron chi connectivity index (χ0n) is 22.0. The number of anilines is 2. The Bertz CT molecular complexity index is 1330. The fourth-order valence-corrected chi connectivity index (χ4v) is 6.14. The zero-order chi connectivity index (χ0) is 30.8. The average molecular weight is 615 g/mol. The molecule has 0 aliphatic carbocycles. The van der Waals surface area contributed by atoms with Crippen molar-refractivity contribution in [2.45, 2.75) is 48.7 Å². The lowest BCUT2D eigenvalue weighted by Crippen LogP contribution is -2.32. The van der Waals surface area contributed by atoms with Gasteiger partial charge in [0.25, 0.3) is 0 Å². The van der Waals surface area contributed by atoms with E-state index in [9.17, 15) is 44.7 Å². The Morgan fingerprint density at radius 3 is 2.34 bits per heavy atom. The van der Waals surface area contributed by atoms with Crippen LogP contribution in [-0.2, 0) is 20.8 Å². The van der Waals surface area contributed by atoms with Gasteiger partial charge in [-0.25, -0.2) is 26.0 Å². The maximum Gasteiger partial charge on any atom is 0.420 e. The number of alkyl halides is 6. The summed E-state index contributed by atoms with van der Waals surface area (Å²) in [5, 5.41) is 12.1. The topological polar surface area (TPSA) is 95.9 Å². The standard InChI is InChI=1S/C26H29F7N2O5S/c1-25(29,30)9-7-15-13-35(18-5-3-17(27)4-6-18)20-11-19(26(31,32)33)21(12-22(20)41(38,39)23(15)28)40-14-16(24(36)37)8-10-34-2/h3-6,11-12,15-16,23,34H,7-10,13-14H2,1-2H3,(H,36,37)/t15-,16+,23+/m1/s1. The maximum atomic E-state index is 15.7. The van der Waals surface area contributed by atoms with Gasteiger partial charge in [-0.05, 0) is 63.7 Å². The van der Waals surface area contributed by atoms with Crippen LogP contribution in [0.15, 0.2) is 41.3 Å². The first-order chi connectivity index (χ1) is 19.0. The van der Waals surface area contributed by atoms with Crippen molar-refractivity contribution in [1.29, 1.82) is 0 Å². The number of fused-ring (bicyclic) bond motifs is 1. The first-order valence-electron chi connectivity index (χ1n) is 12.5. The number of rotatable bonds is 11. The molecule has 7 nitrogen and oxygen atoms in total. The molecule has 0 unspecified atom stereocenters. The van der Waals surface area contributed by atoms with Gasteiger partial charge in [0.2, 0.25) is 21.3 Å². The Balaban J connectivity index is 2.21. The second-order valence-corrected chi connectivity index (χ2v) is 11.9. The molecule has 0 spiro atoms. The van der Waals surface area contributed by atoms with E-state index in [1.54, 1.807) is 0 Å². The summed E-state index contributed by atoms with van der Waals surface area (Å²) in [6.45, 7) is -0.608. The summed E-state index contributed by atoms with van der Waals surface area (Å²) in [4.78, 5) is 11.7. The molecule has 2 N–H and O–H groups in total. The fourth-order valence-electron chi connectivity index (χ4n) is 4.43. The van der Waals surface area contributed by atoms with Gasteiger partial charge in [-0.3, -0.25) is 4.79 Å². The van der Waals surface area contributed by atoms with Crippen molar-refractivity contribution in [3.05, 3.63) is 47.8 Å². The molecule has 0 fully saturated rings. The van der Waals surface area contributed by atoms with E-state index in [4.69, 9.17) is 4.74 Å². The van der Waals surface area contributed by atoms with Gasteiger partial charge in [-0.1, -0.05) is 0 Å². The summed E-state index contributed by atoms with van der Waals surface area (Å²) < 4.78 is 131. The first-order valence-corrected chi connectivity index (χ1v) is 14.0. The summed E-state index contributed by atoms with van der Waals surface area (Å²) in [7, 11) is -3.54. The Labute approximate surface area is 232 Å². The van der Waals surface area contributed by atoms with Crippen molar-refractivity contribution < 1.29 is 53.8 Å². The van der Waals surface area contributed by atoms with Crippen LogP contribution < -0.4 is 15.0 Å². The van der Waals surface area contributed by atoms with Crippen molar-refractivity contribution in [3.63, 3.8) is 0 Å². The molecule has 1 aliphatic heterocycles. The van der Waals surface area contributed by atoms with E-state index < -0.39 is 99.0 Å². The minimum absolute atomic E-state index is 0.00925. The van der Waals surface area contributed by atoms with Crippen LogP contribution in [0.1, 0.15) is 31.7 Å². The van der Waals surface area contributed by atoms with E-state index >= 15 is 4.39 Å². The molecule has 2 aromatic rings. The minimum Gasteiger partial charge on any atom is -0.492 e. The molecule has 0 radical (unpaired) electrons. The number of benzene rings is 2. The van der Waals surface area contributed by atoms with E-state index in [0.717, 1.165) is 29.2 Å². The van der Waals surface area contributed by atoms with Crippen LogP contribution in [0.25, 0.3) is 0 Å². The number of carboxylic acid groups (broad SMARTS) is 1. The Morgan fingerprint density at radius 1 is 1.17 bits per heavy atom. The van der Waals surface area contributed by atoms with Gasteiger partial charge >= 0.3 is 12.1 Å². The predicted octanol–water partition coefficient (Wildman–Crippen LogP) is 5.81. The number of hydrogen-bond acceptors (Lipinski definition) is 6. The molecule has 3 atom stereocenters. The molecule has 41 heavy (non-hydrogen) atoms. The van der Waals surface area contributed by atoms with Gasteiger partial charge in [-0.2, -0.15) is 13.2 Å². The highest BCUT2D eigenvalue weighted by atomic mass is 32.2. The Hall–Kier alpha value is -3.07. The monoisotopic (exact) mass is 614 g/mol. The molecule has 0 bridgehead atoms. The van der Waals surface area contributed by atoms with Crippen LogP contribution in [0.4, 0.5) is 42.1 Å². The van der Waals surface area contributed by atoms with Crippen molar-refractivity contribution in [2.24, 2.45) is 11.8 Å². The fraction of sp³-hybridized carbons (Fsp3) is 0.500. The largest absolute Gasteiger partial charge is 0.492 e. The molecule has 3 rings (SSSR count). The van der Waals surface area contributed by atoms with Crippen molar-refractivity contribution in [2.75, 3.05) is 31.6 Å². The Kier molecular flexibility index (Phi) is 9.84. The minimum atomic E-state index is -5.13. The lowest BCUT2D eigenvalue weighted by Gasteiger charge is -2.29. The third-order valence-electron chi connectivity index (χ3n) is 6.67. The number of carbonyl (C=O) groups is 1. The number of aliphatic carboxylic acids is 1. The summed E-state index contributed by atoms with van der Waals surface area (Å²) >= 11 is 0. The van der Waals surface area contributed by atoms with Crippen molar-refractivity contribution >= 4 is 27.2 Å². The number of sulfone groups is 1. The van der Waals surface area contributed by atoms with Crippen LogP contribution in [0.5, 0.6) is 5.75 Å². The maximum absolute atomic E-state index is 15.7. The molecular formula is C26H29F7N2O5S. The van der Waals surface area contributed by atoms with Crippen molar-refractivity contribution in [3.8, 4) is 5.75 Å². The smallest absolute Gasteiger partial charge is 0.420 e. The number of nitrogens with one attached hydrogen (secondary N) is 1. The predicted molar refractivity (Wildman–Crippen MR) is 135 cm³/mol. The summed E-state index contributed by atoms with van der Waals surface area (Å²) in [5.74, 6) is -9.25. The van der Waals surface area contributed by atoms with Gasteiger partial charge in [-0.15, -0.1) is 0 Å². The van der Waals surface area contributed by atoms with Gasteiger partial charge in [0, 0.05) is 30.6 Å². The molecule has 0 saturated carbocycles. The quantitative estimate of drug-likeness (QED) is 0.309. The van der Waals surface area contributed by atoms with Gasteiger partial charge in [0.05, 0.1) is 22.1 Å². The third kappa shape index (κ3) is 7.82. The molecule has 228 valence electrons.